The maximum atomic E-state index is 13.4. The van der Waals surface area contributed by atoms with E-state index in [1.54, 1.807) is 0 Å². The van der Waals surface area contributed by atoms with Gasteiger partial charge in [0.1, 0.15) is 11.9 Å². The molecule has 0 saturated heterocycles. The van der Waals surface area contributed by atoms with Gasteiger partial charge in [-0.05, 0) is 12.1 Å². The highest BCUT2D eigenvalue weighted by atomic mass is 35.5. The summed E-state index contributed by atoms with van der Waals surface area (Å²) in [5, 5.41) is -1.31. The second-order valence-electron chi connectivity index (χ2n) is 3.36. The molecule has 0 unspecified atom stereocenters. The Balaban J connectivity index is 3.36. The first-order chi connectivity index (χ1) is 8.00. The van der Waals surface area contributed by atoms with E-state index in [0.29, 0.717) is 0 Å². The number of rotatable bonds is 2. The van der Waals surface area contributed by atoms with Crippen molar-refractivity contribution in [1.82, 2.24) is 0 Å². The maximum absolute atomic E-state index is 13.4. The van der Waals surface area contributed by atoms with E-state index in [4.69, 9.17) is 28.9 Å². The van der Waals surface area contributed by atoms with Gasteiger partial charge in [0.15, 0.2) is 0 Å². The topological polar surface area (TPSA) is 26.0 Å². The third-order valence-corrected chi connectivity index (χ3v) is 2.78. The number of alkyl halides is 5. The van der Waals surface area contributed by atoms with E-state index in [1.165, 1.54) is 0 Å². The van der Waals surface area contributed by atoms with Gasteiger partial charge in [-0.2, -0.15) is 22.0 Å². The van der Waals surface area contributed by atoms with Crippen LogP contribution in [0.15, 0.2) is 12.1 Å². The lowest BCUT2D eigenvalue weighted by molar-refractivity contribution is -0.291. The fraction of sp³-hybridized carbons (Fsp3) is 0.333. The summed E-state index contributed by atoms with van der Waals surface area (Å²) >= 11 is 10.7. The van der Waals surface area contributed by atoms with Crippen molar-refractivity contribution in [2.45, 2.75) is 18.1 Å². The van der Waals surface area contributed by atoms with Crippen LogP contribution in [0.5, 0.6) is 0 Å². The van der Waals surface area contributed by atoms with Gasteiger partial charge in [-0.1, -0.05) is 23.2 Å². The Hall–Kier alpha value is -0.660. The van der Waals surface area contributed by atoms with Gasteiger partial charge in [0, 0.05) is 10.6 Å². The lowest BCUT2D eigenvalue weighted by Crippen LogP contribution is -2.46. The maximum Gasteiger partial charge on any atom is 0.455 e. The molecular weight excluding hydrogens is 307 g/mol. The third kappa shape index (κ3) is 2.53. The van der Waals surface area contributed by atoms with Crippen LogP contribution in [-0.4, -0.2) is 12.1 Å². The molecule has 18 heavy (non-hydrogen) atoms. The smallest absolute Gasteiger partial charge is 0.319 e. The normalized spacial score (nSPS) is 14.7. The highest BCUT2D eigenvalue weighted by Crippen LogP contribution is 2.45. The van der Waals surface area contributed by atoms with Gasteiger partial charge in [-0.15, -0.1) is 0 Å². The first kappa shape index (κ1) is 15.4. The van der Waals surface area contributed by atoms with Crippen molar-refractivity contribution >= 4 is 23.2 Å². The van der Waals surface area contributed by atoms with Crippen LogP contribution in [0.4, 0.5) is 26.3 Å². The molecule has 9 heteroatoms. The average molecular weight is 312 g/mol. The van der Waals surface area contributed by atoms with Crippen molar-refractivity contribution in [3.05, 3.63) is 33.6 Å². The fourth-order valence-electron chi connectivity index (χ4n) is 1.19. The standard InChI is InChI=1S/C9H5Cl2F6N/c10-3-1-2-4(11)6(12)5(3)7(18)8(13,14)9(15,16)17/h1-2,7H,18H2/t7-/m0/s1. The summed E-state index contributed by atoms with van der Waals surface area (Å²) in [5.41, 5.74) is 3.60. The van der Waals surface area contributed by atoms with E-state index in [2.05, 4.69) is 0 Å². The van der Waals surface area contributed by atoms with Gasteiger partial charge in [-0.25, -0.2) is 4.39 Å². The SMILES string of the molecule is N[C@@H](c1c(Cl)ccc(Cl)c1F)C(F)(F)C(F)(F)F. The molecule has 0 bridgehead atoms. The van der Waals surface area contributed by atoms with E-state index in [1.807, 2.05) is 0 Å². The Kier molecular flexibility index (Phi) is 4.10. The van der Waals surface area contributed by atoms with Crippen LogP contribution in [0.25, 0.3) is 0 Å². The molecule has 1 rings (SSSR count). The molecular formula is C9H5Cl2F6N. The number of hydrogen-bond acceptors (Lipinski definition) is 1. The van der Waals surface area contributed by atoms with Crippen molar-refractivity contribution < 1.29 is 26.3 Å². The number of halogens is 8. The van der Waals surface area contributed by atoms with E-state index < -0.39 is 39.6 Å². The lowest BCUT2D eigenvalue weighted by Gasteiger charge is -2.26. The minimum atomic E-state index is -5.93. The fourth-order valence-corrected chi connectivity index (χ4v) is 1.61. The predicted molar refractivity (Wildman–Crippen MR) is 54.4 cm³/mol. The Morgan fingerprint density at radius 2 is 1.44 bits per heavy atom. The number of nitrogens with two attached hydrogens (primary N) is 1. The molecule has 2 N–H and O–H groups in total. The summed E-state index contributed by atoms with van der Waals surface area (Å²) in [5.74, 6) is -6.83. The molecule has 0 amide bonds. The third-order valence-electron chi connectivity index (χ3n) is 2.16. The molecule has 0 aromatic heterocycles. The molecule has 102 valence electrons. The minimum Gasteiger partial charge on any atom is -0.319 e. The summed E-state index contributed by atoms with van der Waals surface area (Å²) in [6, 6.07) is -1.18. The lowest BCUT2D eigenvalue weighted by atomic mass is 10.0. The van der Waals surface area contributed by atoms with Crippen LogP contribution < -0.4 is 5.73 Å². The van der Waals surface area contributed by atoms with Gasteiger partial charge >= 0.3 is 12.1 Å². The van der Waals surface area contributed by atoms with Crippen molar-refractivity contribution in [3.8, 4) is 0 Å². The first-order valence-electron chi connectivity index (χ1n) is 4.33. The Bertz CT molecular complexity index is 459. The summed E-state index contributed by atoms with van der Waals surface area (Å²) in [6.45, 7) is 0. The van der Waals surface area contributed by atoms with Crippen molar-refractivity contribution in [2.24, 2.45) is 5.73 Å². The molecule has 0 radical (unpaired) electrons. The van der Waals surface area contributed by atoms with Crippen molar-refractivity contribution in [1.29, 1.82) is 0 Å². The highest BCUT2D eigenvalue weighted by Gasteiger charge is 2.62. The number of hydrogen-bond donors (Lipinski definition) is 1. The van der Waals surface area contributed by atoms with Crippen molar-refractivity contribution in [3.63, 3.8) is 0 Å². The van der Waals surface area contributed by atoms with Crippen LogP contribution in [-0.2, 0) is 0 Å². The van der Waals surface area contributed by atoms with Crippen LogP contribution in [0, 0.1) is 5.82 Å². The molecule has 0 aliphatic heterocycles. The van der Waals surface area contributed by atoms with Gasteiger partial charge in [0.2, 0.25) is 0 Å². The molecule has 0 fully saturated rings. The molecule has 0 saturated carbocycles. The molecule has 0 aliphatic rings. The van der Waals surface area contributed by atoms with Gasteiger partial charge < -0.3 is 5.73 Å². The zero-order valence-corrected chi connectivity index (χ0v) is 9.84. The summed E-state index contributed by atoms with van der Waals surface area (Å²) < 4.78 is 75.7. The minimum absolute atomic E-state index is 0.650. The van der Waals surface area contributed by atoms with E-state index in [-0.39, 0.29) is 0 Å². The molecule has 1 aromatic rings. The summed E-state index contributed by atoms with van der Waals surface area (Å²) in [4.78, 5) is 0. The monoisotopic (exact) mass is 311 g/mol. The largest absolute Gasteiger partial charge is 0.455 e. The van der Waals surface area contributed by atoms with E-state index in [9.17, 15) is 26.3 Å². The highest BCUT2D eigenvalue weighted by molar-refractivity contribution is 6.33. The zero-order valence-electron chi connectivity index (χ0n) is 8.33. The Labute approximate surface area is 107 Å². The average Bonchev–Trinajstić information content (AvgIpc) is 2.22. The zero-order chi connectivity index (χ0) is 14.3. The van der Waals surface area contributed by atoms with E-state index in [0.717, 1.165) is 12.1 Å². The first-order valence-corrected chi connectivity index (χ1v) is 5.09. The van der Waals surface area contributed by atoms with Crippen LogP contribution in [0.3, 0.4) is 0 Å². The van der Waals surface area contributed by atoms with Gasteiger partial charge in [-0.3, -0.25) is 0 Å². The summed E-state index contributed by atoms with van der Waals surface area (Å²) in [7, 11) is 0. The second kappa shape index (κ2) is 4.79. The Morgan fingerprint density at radius 3 is 1.89 bits per heavy atom. The quantitative estimate of drug-likeness (QED) is 0.638. The van der Waals surface area contributed by atoms with Gasteiger partial charge in [0.05, 0.1) is 5.02 Å². The predicted octanol–water partition coefficient (Wildman–Crippen LogP) is 4.33. The second-order valence-corrected chi connectivity index (χ2v) is 4.17. The molecule has 0 heterocycles. The van der Waals surface area contributed by atoms with Gasteiger partial charge in [0.25, 0.3) is 0 Å². The molecule has 1 atom stereocenters. The molecule has 0 spiro atoms. The van der Waals surface area contributed by atoms with Crippen LogP contribution in [0.2, 0.25) is 10.0 Å². The van der Waals surface area contributed by atoms with Crippen molar-refractivity contribution in [2.75, 3.05) is 0 Å². The van der Waals surface area contributed by atoms with Crippen LogP contribution >= 0.6 is 23.2 Å². The molecule has 0 aliphatic carbocycles. The molecule has 1 nitrogen and oxygen atoms in total. The summed E-state index contributed by atoms with van der Waals surface area (Å²) in [6.07, 6.45) is -5.93. The van der Waals surface area contributed by atoms with E-state index >= 15 is 0 Å². The Morgan fingerprint density at radius 1 is 1.00 bits per heavy atom. The number of benzene rings is 1. The van der Waals surface area contributed by atoms with Crippen LogP contribution in [0.1, 0.15) is 11.6 Å². The molecule has 1 aromatic carbocycles.